The first-order chi connectivity index (χ1) is 16.6. The van der Waals surface area contributed by atoms with Gasteiger partial charge in [0.05, 0.1) is 35.1 Å². The fourth-order valence-corrected chi connectivity index (χ4v) is 4.71. The second-order valence-electron chi connectivity index (χ2n) is 7.67. The van der Waals surface area contributed by atoms with E-state index in [2.05, 4.69) is 0 Å². The standard InChI is InChI=1S/C27H21N3O3S/c1-33-22-13-11-18(12-14-22)26-20(17-30(29-26)21-7-3-2-4-8-21)15-19(16-25(31)32)27-28-23-9-5-6-10-24(23)34-27/h2-15,17H,16H2,1H3,(H,31,32). The zero-order valence-corrected chi connectivity index (χ0v) is 19.2. The smallest absolute Gasteiger partial charge is 0.307 e. The first kappa shape index (κ1) is 21.6. The number of rotatable bonds is 7. The van der Waals surface area contributed by atoms with Crippen molar-refractivity contribution in [3.63, 3.8) is 0 Å². The van der Waals surface area contributed by atoms with E-state index in [0.29, 0.717) is 10.6 Å². The molecule has 0 aliphatic heterocycles. The number of para-hydroxylation sites is 2. The topological polar surface area (TPSA) is 77.2 Å². The number of hydrogen-bond acceptors (Lipinski definition) is 5. The zero-order chi connectivity index (χ0) is 23.5. The maximum atomic E-state index is 11.7. The van der Waals surface area contributed by atoms with E-state index >= 15 is 0 Å². The third kappa shape index (κ3) is 4.46. The molecular formula is C27H21N3O3S. The lowest BCUT2D eigenvalue weighted by Gasteiger charge is -2.04. The highest BCUT2D eigenvalue weighted by Gasteiger charge is 2.17. The molecule has 3 aromatic carbocycles. The molecular weight excluding hydrogens is 446 g/mol. The van der Waals surface area contributed by atoms with Crippen LogP contribution in [-0.4, -0.2) is 33.0 Å². The SMILES string of the molecule is COc1ccc(-c2nn(-c3ccccc3)cc2C=C(CC(=O)O)c2nc3ccccc3s2)cc1. The molecule has 5 rings (SSSR count). The number of thiazole rings is 1. The van der Waals surface area contributed by atoms with Crippen LogP contribution >= 0.6 is 11.3 Å². The largest absolute Gasteiger partial charge is 0.497 e. The van der Waals surface area contributed by atoms with Gasteiger partial charge in [-0.15, -0.1) is 11.3 Å². The van der Waals surface area contributed by atoms with Gasteiger partial charge in [0, 0.05) is 17.3 Å². The van der Waals surface area contributed by atoms with Crippen molar-refractivity contribution in [3.8, 4) is 22.7 Å². The summed E-state index contributed by atoms with van der Waals surface area (Å²) in [5.74, 6) is -0.156. The van der Waals surface area contributed by atoms with E-state index in [1.54, 1.807) is 7.11 Å². The Balaban J connectivity index is 1.67. The predicted molar refractivity (Wildman–Crippen MR) is 135 cm³/mol. The van der Waals surface area contributed by atoms with Crippen LogP contribution in [0.5, 0.6) is 5.75 Å². The molecule has 0 aliphatic rings. The van der Waals surface area contributed by atoms with Crippen molar-refractivity contribution < 1.29 is 14.6 Å². The van der Waals surface area contributed by atoms with Gasteiger partial charge in [-0.2, -0.15) is 5.10 Å². The van der Waals surface area contributed by atoms with Gasteiger partial charge < -0.3 is 9.84 Å². The average molecular weight is 468 g/mol. The van der Waals surface area contributed by atoms with E-state index in [1.165, 1.54) is 11.3 Å². The number of carbonyl (C=O) groups is 1. The third-order valence-electron chi connectivity index (χ3n) is 5.37. The Labute approximate surface area is 200 Å². The lowest BCUT2D eigenvalue weighted by atomic mass is 10.0. The van der Waals surface area contributed by atoms with Crippen molar-refractivity contribution in [1.29, 1.82) is 0 Å². The highest BCUT2D eigenvalue weighted by molar-refractivity contribution is 7.19. The highest BCUT2D eigenvalue weighted by Crippen LogP contribution is 2.33. The second kappa shape index (κ2) is 9.33. The lowest BCUT2D eigenvalue weighted by molar-refractivity contribution is -0.135. The van der Waals surface area contributed by atoms with Crippen molar-refractivity contribution in [2.24, 2.45) is 0 Å². The van der Waals surface area contributed by atoms with Crippen molar-refractivity contribution >= 4 is 39.2 Å². The monoisotopic (exact) mass is 467 g/mol. The summed E-state index contributed by atoms with van der Waals surface area (Å²) in [5, 5.41) is 15.2. The molecule has 0 radical (unpaired) electrons. The van der Waals surface area contributed by atoms with E-state index in [-0.39, 0.29) is 6.42 Å². The molecule has 0 saturated heterocycles. The summed E-state index contributed by atoms with van der Waals surface area (Å²) in [6.45, 7) is 0. The molecule has 0 atom stereocenters. The molecule has 2 heterocycles. The summed E-state index contributed by atoms with van der Waals surface area (Å²) >= 11 is 1.49. The van der Waals surface area contributed by atoms with Gasteiger partial charge in [-0.3, -0.25) is 4.79 Å². The maximum absolute atomic E-state index is 11.7. The predicted octanol–water partition coefficient (Wildman–Crippen LogP) is 6.17. The van der Waals surface area contributed by atoms with Crippen molar-refractivity contribution in [2.45, 2.75) is 6.42 Å². The molecule has 0 spiro atoms. The van der Waals surface area contributed by atoms with Crippen LogP contribution in [0.3, 0.4) is 0 Å². The van der Waals surface area contributed by atoms with Gasteiger partial charge in [0.25, 0.3) is 0 Å². The normalized spacial score (nSPS) is 11.6. The molecule has 2 aromatic heterocycles. The molecule has 168 valence electrons. The van der Waals surface area contributed by atoms with Gasteiger partial charge in [-0.05, 0) is 60.2 Å². The minimum Gasteiger partial charge on any atom is -0.497 e. The van der Waals surface area contributed by atoms with Crippen LogP contribution in [0, 0.1) is 0 Å². The average Bonchev–Trinajstić information content (AvgIpc) is 3.48. The van der Waals surface area contributed by atoms with Crippen molar-refractivity contribution in [3.05, 3.63) is 95.6 Å². The van der Waals surface area contributed by atoms with E-state index in [0.717, 1.165) is 38.5 Å². The summed E-state index contributed by atoms with van der Waals surface area (Å²) in [6, 6.07) is 25.3. The van der Waals surface area contributed by atoms with Crippen LogP contribution in [-0.2, 0) is 4.79 Å². The molecule has 0 aliphatic carbocycles. The Morgan fingerprint density at radius 1 is 1.03 bits per heavy atom. The van der Waals surface area contributed by atoms with Crippen LogP contribution in [0.2, 0.25) is 0 Å². The summed E-state index contributed by atoms with van der Waals surface area (Å²) in [6.07, 6.45) is 3.67. The third-order valence-corrected chi connectivity index (χ3v) is 6.48. The molecule has 0 saturated carbocycles. The van der Waals surface area contributed by atoms with Gasteiger partial charge in [-0.1, -0.05) is 30.3 Å². The molecule has 7 heteroatoms. The Morgan fingerprint density at radius 2 is 1.76 bits per heavy atom. The van der Waals surface area contributed by atoms with E-state index in [1.807, 2.05) is 95.8 Å². The van der Waals surface area contributed by atoms with Gasteiger partial charge in [0.1, 0.15) is 10.8 Å². The van der Waals surface area contributed by atoms with E-state index in [9.17, 15) is 9.90 Å². The number of methoxy groups -OCH3 is 1. The number of ether oxygens (including phenoxy) is 1. The van der Waals surface area contributed by atoms with Gasteiger partial charge in [0.2, 0.25) is 0 Å². The fourth-order valence-electron chi connectivity index (χ4n) is 3.73. The van der Waals surface area contributed by atoms with Gasteiger partial charge in [0.15, 0.2) is 0 Å². The molecule has 5 aromatic rings. The molecule has 0 fully saturated rings. The number of hydrogen-bond donors (Lipinski definition) is 1. The molecule has 1 N–H and O–H groups in total. The van der Waals surface area contributed by atoms with Crippen LogP contribution in [0.15, 0.2) is 85.1 Å². The fraction of sp³-hybridized carbons (Fsp3) is 0.0741. The number of carboxylic acids is 1. The maximum Gasteiger partial charge on any atom is 0.307 e. The summed E-state index contributed by atoms with van der Waals surface area (Å²) in [4.78, 5) is 16.4. The second-order valence-corrected chi connectivity index (χ2v) is 8.70. The molecule has 0 unspecified atom stereocenters. The molecule has 0 bridgehead atoms. The lowest BCUT2D eigenvalue weighted by Crippen LogP contribution is -1.97. The van der Waals surface area contributed by atoms with E-state index in [4.69, 9.17) is 14.8 Å². The van der Waals surface area contributed by atoms with Crippen LogP contribution in [0.1, 0.15) is 17.0 Å². The summed E-state index contributed by atoms with van der Waals surface area (Å²) < 4.78 is 8.12. The summed E-state index contributed by atoms with van der Waals surface area (Å²) in [7, 11) is 1.63. The number of aliphatic carboxylic acids is 1. The number of nitrogens with zero attached hydrogens (tertiary/aromatic N) is 3. The Bertz CT molecular complexity index is 1450. The quantitative estimate of drug-likeness (QED) is 0.310. The first-order valence-electron chi connectivity index (χ1n) is 10.7. The Morgan fingerprint density at radius 3 is 2.47 bits per heavy atom. The minimum absolute atomic E-state index is 0.140. The molecule has 6 nitrogen and oxygen atoms in total. The number of fused-ring (bicyclic) bond motifs is 1. The van der Waals surface area contributed by atoms with Crippen LogP contribution < -0.4 is 4.74 Å². The Hall–Kier alpha value is -4.23. The van der Waals surface area contributed by atoms with Gasteiger partial charge >= 0.3 is 5.97 Å². The first-order valence-corrected chi connectivity index (χ1v) is 11.5. The van der Waals surface area contributed by atoms with Crippen molar-refractivity contribution in [1.82, 2.24) is 14.8 Å². The summed E-state index contributed by atoms with van der Waals surface area (Å²) in [5.41, 5.74) is 4.86. The minimum atomic E-state index is -0.910. The zero-order valence-electron chi connectivity index (χ0n) is 18.4. The Kier molecular flexibility index (Phi) is 5.93. The number of aromatic nitrogens is 3. The number of benzene rings is 3. The van der Waals surface area contributed by atoms with Crippen LogP contribution in [0.4, 0.5) is 0 Å². The van der Waals surface area contributed by atoms with Crippen LogP contribution in [0.25, 0.3) is 38.8 Å². The number of carboxylic acid groups (broad SMARTS) is 1. The molecule has 34 heavy (non-hydrogen) atoms. The van der Waals surface area contributed by atoms with Gasteiger partial charge in [-0.25, -0.2) is 9.67 Å². The molecule has 0 amide bonds. The van der Waals surface area contributed by atoms with E-state index < -0.39 is 5.97 Å². The highest BCUT2D eigenvalue weighted by atomic mass is 32.1. The van der Waals surface area contributed by atoms with Crippen molar-refractivity contribution in [2.75, 3.05) is 7.11 Å².